The van der Waals surface area contributed by atoms with Gasteiger partial charge in [-0.15, -0.1) is 0 Å². The third-order valence-corrected chi connectivity index (χ3v) is 5.57. The SMILES string of the molecule is Cc1ccc(N2C(=O)C(C3(C)C=CC=CC3)C(=O)N(c3ccccc3)C2=O)cc1. The number of para-hydroxylation sites is 1. The van der Waals surface area contributed by atoms with Crippen molar-refractivity contribution >= 4 is 29.2 Å². The highest BCUT2D eigenvalue weighted by Crippen LogP contribution is 2.42. The second kappa shape index (κ2) is 7.17. The van der Waals surface area contributed by atoms with Gasteiger partial charge in [0.25, 0.3) is 0 Å². The molecule has 5 heteroatoms. The summed E-state index contributed by atoms with van der Waals surface area (Å²) in [4.78, 5) is 42.6. The lowest BCUT2D eigenvalue weighted by atomic mass is 9.70. The van der Waals surface area contributed by atoms with Crippen LogP contribution >= 0.6 is 0 Å². The highest BCUT2D eigenvalue weighted by atomic mass is 16.2. The monoisotopic (exact) mass is 386 g/mol. The number of aryl methyl sites for hydroxylation is 1. The molecule has 2 aliphatic rings. The van der Waals surface area contributed by atoms with Gasteiger partial charge in [0.1, 0.15) is 5.92 Å². The molecule has 0 N–H and O–H groups in total. The van der Waals surface area contributed by atoms with Crippen LogP contribution < -0.4 is 9.80 Å². The first kappa shape index (κ1) is 18.9. The van der Waals surface area contributed by atoms with Crippen molar-refractivity contribution in [3.05, 3.63) is 84.5 Å². The van der Waals surface area contributed by atoms with Gasteiger partial charge in [0, 0.05) is 5.41 Å². The normalized spacial score (nSPS) is 24.3. The van der Waals surface area contributed by atoms with Crippen LogP contribution in [0, 0.1) is 18.3 Å². The summed E-state index contributed by atoms with van der Waals surface area (Å²) in [7, 11) is 0. The summed E-state index contributed by atoms with van der Waals surface area (Å²) < 4.78 is 0. The Labute approximate surface area is 169 Å². The Morgan fingerprint density at radius 1 is 0.828 bits per heavy atom. The number of amides is 4. The van der Waals surface area contributed by atoms with Crippen molar-refractivity contribution < 1.29 is 14.4 Å². The van der Waals surface area contributed by atoms with Crippen molar-refractivity contribution in [1.82, 2.24) is 0 Å². The van der Waals surface area contributed by atoms with Crippen molar-refractivity contribution in [3.8, 4) is 0 Å². The van der Waals surface area contributed by atoms with E-state index in [4.69, 9.17) is 0 Å². The molecule has 146 valence electrons. The standard InChI is InChI=1S/C24H22N2O3/c1-17-11-13-19(14-12-17)26-22(28)20(24(2)15-7-4-8-16-24)21(27)25(23(26)29)18-9-5-3-6-10-18/h3-15,20H,16H2,1-2H3. The summed E-state index contributed by atoms with van der Waals surface area (Å²) >= 11 is 0. The van der Waals surface area contributed by atoms with Gasteiger partial charge in [0.2, 0.25) is 11.8 Å². The van der Waals surface area contributed by atoms with Crippen molar-refractivity contribution in [2.45, 2.75) is 20.3 Å². The summed E-state index contributed by atoms with van der Waals surface area (Å²) in [6.45, 7) is 3.83. The number of hydrogen-bond donors (Lipinski definition) is 0. The Balaban J connectivity index is 1.85. The number of anilines is 2. The van der Waals surface area contributed by atoms with Gasteiger partial charge in [-0.25, -0.2) is 14.6 Å². The lowest BCUT2D eigenvalue weighted by Gasteiger charge is -2.43. The van der Waals surface area contributed by atoms with Gasteiger partial charge in [0.05, 0.1) is 11.4 Å². The predicted octanol–water partition coefficient (Wildman–Crippen LogP) is 4.63. The van der Waals surface area contributed by atoms with Gasteiger partial charge in [-0.3, -0.25) is 9.59 Å². The molecular weight excluding hydrogens is 364 g/mol. The number of imide groups is 2. The van der Waals surface area contributed by atoms with Crippen LogP contribution in [-0.2, 0) is 9.59 Å². The lowest BCUT2D eigenvalue weighted by Crippen LogP contribution is -2.63. The second-order valence-electron chi connectivity index (χ2n) is 7.73. The first-order chi connectivity index (χ1) is 13.9. The number of allylic oxidation sites excluding steroid dienone is 4. The van der Waals surface area contributed by atoms with E-state index in [1.807, 2.05) is 56.4 Å². The molecule has 4 amide bonds. The Morgan fingerprint density at radius 3 is 1.97 bits per heavy atom. The average molecular weight is 386 g/mol. The highest BCUT2D eigenvalue weighted by molar-refractivity contribution is 6.36. The third-order valence-electron chi connectivity index (χ3n) is 5.57. The highest BCUT2D eigenvalue weighted by Gasteiger charge is 2.53. The minimum Gasteiger partial charge on any atom is -0.273 e. The fourth-order valence-corrected chi connectivity index (χ4v) is 3.92. The van der Waals surface area contributed by atoms with Gasteiger partial charge in [-0.2, -0.15) is 0 Å². The van der Waals surface area contributed by atoms with E-state index in [-0.39, 0.29) is 0 Å². The number of nitrogens with zero attached hydrogens (tertiary/aromatic N) is 2. The fraction of sp³-hybridized carbons (Fsp3) is 0.208. The van der Waals surface area contributed by atoms with Crippen molar-refractivity contribution in [2.75, 3.05) is 9.80 Å². The lowest BCUT2D eigenvalue weighted by molar-refractivity contribution is -0.136. The predicted molar refractivity (Wildman–Crippen MR) is 112 cm³/mol. The molecule has 0 aromatic heterocycles. The van der Waals surface area contributed by atoms with Gasteiger partial charge in [0.15, 0.2) is 0 Å². The van der Waals surface area contributed by atoms with Gasteiger partial charge < -0.3 is 0 Å². The van der Waals surface area contributed by atoms with Crippen LogP contribution in [0.25, 0.3) is 0 Å². The number of urea groups is 1. The Morgan fingerprint density at radius 2 is 1.41 bits per heavy atom. The number of rotatable bonds is 3. The summed E-state index contributed by atoms with van der Waals surface area (Å²) in [6.07, 6.45) is 8.13. The molecule has 0 saturated carbocycles. The largest absolute Gasteiger partial charge is 0.342 e. The fourth-order valence-electron chi connectivity index (χ4n) is 3.92. The van der Waals surface area contributed by atoms with E-state index in [1.54, 1.807) is 36.4 Å². The van der Waals surface area contributed by atoms with E-state index in [2.05, 4.69) is 0 Å². The quantitative estimate of drug-likeness (QED) is 0.723. The summed E-state index contributed by atoms with van der Waals surface area (Å²) in [5, 5.41) is 0. The molecule has 2 aromatic rings. The summed E-state index contributed by atoms with van der Waals surface area (Å²) in [6, 6.07) is 15.3. The van der Waals surface area contributed by atoms with Gasteiger partial charge in [-0.1, -0.05) is 67.1 Å². The Kier molecular flexibility index (Phi) is 4.66. The molecule has 2 unspecified atom stereocenters. The minimum atomic E-state index is -0.997. The van der Waals surface area contributed by atoms with Crippen LogP contribution in [0.1, 0.15) is 18.9 Å². The van der Waals surface area contributed by atoms with Crippen molar-refractivity contribution in [2.24, 2.45) is 11.3 Å². The van der Waals surface area contributed by atoms with Gasteiger partial charge >= 0.3 is 6.03 Å². The molecule has 29 heavy (non-hydrogen) atoms. The zero-order valence-corrected chi connectivity index (χ0v) is 16.4. The van der Waals surface area contributed by atoms with Crippen LogP contribution in [0.5, 0.6) is 0 Å². The smallest absolute Gasteiger partial charge is 0.273 e. The number of carbonyl (C=O) groups is 3. The molecule has 2 atom stereocenters. The first-order valence-electron chi connectivity index (χ1n) is 9.60. The van der Waals surface area contributed by atoms with E-state index in [1.165, 1.54) is 0 Å². The molecule has 5 nitrogen and oxygen atoms in total. The number of barbiturate groups is 1. The molecular formula is C24H22N2O3. The van der Waals surface area contributed by atoms with E-state index in [9.17, 15) is 14.4 Å². The molecule has 1 saturated heterocycles. The van der Waals surface area contributed by atoms with E-state index < -0.39 is 29.2 Å². The van der Waals surface area contributed by atoms with Crippen LogP contribution in [0.2, 0.25) is 0 Å². The molecule has 1 aliphatic carbocycles. The molecule has 1 heterocycles. The van der Waals surface area contributed by atoms with E-state index in [0.717, 1.165) is 15.4 Å². The maximum Gasteiger partial charge on any atom is 0.342 e. The molecule has 0 spiro atoms. The average Bonchev–Trinajstić information content (AvgIpc) is 2.70. The van der Waals surface area contributed by atoms with Crippen LogP contribution in [0.4, 0.5) is 16.2 Å². The van der Waals surface area contributed by atoms with Gasteiger partial charge in [-0.05, 0) is 37.6 Å². The Bertz CT molecular complexity index is 1020. The molecule has 4 rings (SSSR count). The number of benzene rings is 2. The number of carbonyl (C=O) groups excluding carboxylic acids is 3. The molecule has 1 aliphatic heterocycles. The van der Waals surface area contributed by atoms with Crippen molar-refractivity contribution in [3.63, 3.8) is 0 Å². The third kappa shape index (κ3) is 3.18. The molecule has 0 radical (unpaired) electrons. The second-order valence-corrected chi connectivity index (χ2v) is 7.73. The zero-order valence-electron chi connectivity index (χ0n) is 16.4. The summed E-state index contributed by atoms with van der Waals surface area (Å²) in [5.74, 6) is -1.97. The molecule has 0 bridgehead atoms. The summed E-state index contributed by atoms with van der Waals surface area (Å²) in [5.41, 5.74) is 1.23. The number of hydrogen-bond acceptors (Lipinski definition) is 3. The maximum absolute atomic E-state index is 13.5. The van der Waals surface area contributed by atoms with Crippen LogP contribution in [-0.4, -0.2) is 17.8 Å². The van der Waals surface area contributed by atoms with Crippen molar-refractivity contribution in [1.29, 1.82) is 0 Å². The topological polar surface area (TPSA) is 57.7 Å². The molecule has 2 aromatic carbocycles. The molecule has 1 fully saturated rings. The first-order valence-corrected chi connectivity index (χ1v) is 9.60. The Hall–Kier alpha value is -3.47. The zero-order chi connectivity index (χ0) is 20.6. The van der Waals surface area contributed by atoms with E-state index >= 15 is 0 Å². The van der Waals surface area contributed by atoms with Crippen LogP contribution in [0.3, 0.4) is 0 Å². The van der Waals surface area contributed by atoms with Crippen LogP contribution in [0.15, 0.2) is 78.9 Å². The van der Waals surface area contributed by atoms with E-state index in [0.29, 0.717) is 17.8 Å². The maximum atomic E-state index is 13.5. The minimum absolute atomic E-state index is 0.455.